The molecule has 0 aliphatic heterocycles. The van der Waals surface area contributed by atoms with E-state index in [1.165, 1.54) is 57.8 Å². The molecule has 3 heteroatoms. The molecule has 0 unspecified atom stereocenters. The zero-order chi connectivity index (χ0) is 9.78. The van der Waals surface area contributed by atoms with E-state index in [0.717, 1.165) is 0 Å². The van der Waals surface area contributed by atoms with Crippen molar-refractivity contribution in [3.05, 3.63) is 13.8 Å². The van der Waals surface area contributed by atoms with Gasteiger partial charge in [-0.15, -0.1) is 0 Å². The summed E-state index contributed by atoms with van der Waals surface area (Å²) >= 11 is -0.556. The minimum absolute atomic E-state index is 0. The van der Waals surface area contributed by atoms with Gasteiger partial charge in [0.25, 0.3) is 0 Å². The van der Waals surface area contributed by atoms with E-state index >= 15 is 0 Å². The van der Waals surface area contributed by atoms with Gasteiger partial charge in [0.15, 0.2) is 0 Å². The molecule has 0 heterocycles. The van der Waals surface area contributed by atoms with Crippen molar-refractivity contribution < 1.29 is 17.0 Å². The van der Waals surface area contributed by atoms with E-state index in [9.17, 15) is 0 Å². The summed E-state index contributed by atoms with van der Waals surface area (Å²) in [4.78, 5) is 0. The molecule has 86 valence electrons. The van der Waals surface area contributed by atoms with Gasteiger partial charge in [-0.25, -0.2) is 0 Å². The Labute approximate surface area is 107 Å². The summed E-state index contributed by atoms with van der Waals surface area (Å²) in [5.74, 6) is 0. The summed E-state index contributed by atoms with van der Waals surface area (Å²) in [6, 6.07) is 0. The molecule has 0 radical (unpaired) electrons. The van der Waals surface area contributed by atoms with Gasteiger partial charge >= 0.3 is 35.6 Å². The molecular formula is C11H22Cl2Ti-2. The van der Waals surface area contributed by atoms with Crippen LogP contribution in [0.25, 0.3) is 0 Å². The molecule has 0 aromatic rings. The zero-order valence-electron chi connectivity index (χ0n) is 9.20. The van der Waals surface area contributed by atoms with Crippen LogP contribution in [0.1, 0.15) is 57.8 Å². The molecular weight excluding hydrogens is 251 g/mol. The zero-order valence-corrected chi connectivity index (χ0v) is 12.3. The normalized spacial score (nSPS) is 18.1. The summed E-state index contributed by atoms with van der Waals surface area (Å²) in [5.41, 5.74) is 0. The van der Waals surface area contributed by atoms with E-state index in [2.05, 4.69) is 6.42 Å². The van der Waals surface area contributed by atoms with Gasteiger partial charge in [-0.1, -0.05) is 44.9 Å². The first-order valence-corrected chi connectivity index (χ1v) is 9.49. The van der Waals surface area contributed by atoms with E-state index in [4.69, 9.17) is 18.6 Å². The number of rotatable bonds is 0. The summed E-state index contributed by atoms with van der Waals surface area (Å²) in [7, 11) is 9.78. The predicted octanol–water partition coefficient (Wildman–Crippen LogP) is 5.54. The van der Waals surface area contributed by atoms with E-state index in [0.29, 0.717) is 0 Å². The average molecular weight is 273 g/mol. The molecule has 0 aromatic carbocycles. The predicted molar refractivity (Wildman–Crippen MR) is 64.0 cm³/mol. The second kappa shape index (κ2) is 16.7. The molecule has 14 heavy (non-hydrogen) atoms. The summed E-state index contributed by atoms with van der Waals surface area (Å²) < 4.78 is 0. The fourth-order valence-electron chi connectivity index (χ4n) is 1.61. The summed E-state index contributed by atoms with van der Waals surface area (Å²) in [5, 5.41) is 0. The van der Waals surface area contributed by atoms with Gasteiger partial charge in [-0.3, -0.25) is 0 Å². The van der Waals surface area contributed by atoms with E-state index in [1.807, 2.05) is 0 Å². The molecule has 2 fully saturated rings. The van der Waals surface area contributed by atoms with Crippen LogP contribution in [0.5, 0.6) is 0 Å². The Hall–Kier alpha value is 1.29. The second-order valence-corrected chi connectivity index (χ2v) is 5.99. The van der Waals surface area contributed by atoms with Gasteiger partial charge in [0.05, 0.1) is 0 Å². The Morgan fingerprint density at radius 2 is 1.00 bits per heavy atom. The monoisotopic (exact) mass is 272 g/mol. The van der Waals surface area contributed by atoms with E-state index in [-0.39, 0.29) is 7.43 Å². The fraction of sp³-hybridized carbons (Fsp3) is 0.818. The Morgan fingerprint density at radius 1 is 0.714 bits per heavy atom. The molecule has 0 bridgehead atoms. The van der Waals surface area contributed by atoms with Gasteiger partial charge in [-0.2, -0.15) is 12.8 Å². The fourth-order valence-corrected chi connectivity index (χ4v) is 1.61. The van der Waals surface area contributed by atoms with Crippen molar-refractivity contribution in [2.45, 2.75) is 57.8 Å². The number of halogens is 2. The number of hydrogen-bond acceptors (Lipinski definition) is 0. The van der Waals surface area contributed by atoms with Crippen LogP contribution in [0.4, 0.5) is 0 Å². The maximum absolute atomic E-state index is 4.89. The third-order valence-electron chi connectivity index (χ3n) is 2.32. The Balaban J connectivity index is 0. The van der Waals surface area contributed by atoms with Gasteiger partial charge in [0, 0.05) is 0 Å². The van der Waals surface area contributed by atoms with Crippen molar-refractivity contribution >= 4 is 18.6 Å². The van der Waals surface area contributed by atoms with Gasteiger partial charge < -0.3 is 13.8 Å². The minimum atomic E-state index is -0.556. The Bertz CT molecular complexity index is 56.1. The van der Waals surface area contributed by atoms with Crippen LogP contribution in [0, 0.1) is 13.8 Å². The molecule has 0 atom stereocenters. The third-order valence-corrected chi connectivity index (χ3v) is 2.32. The van der Waals surface area contributed by atoms with Gasteiger partial charge in [-0.05, 0) is 0 Å². The standard InChI is InChI=1S/C5H10.C5H9.CH3.2ClH.Ti/c2*1-2-4-5-3-1;;;;/h1-5H2;1H,2-5H2;1H3;2*1H;/q;2*-1;;;+2/p-2. The SMILES string of the molecule is C1CCCC1.[CH-]1CCCC1.[CH3-].[Cl][Ti][Cl]. The molecule has 0 amide bonds. The molecule has 0 nitrogen and oxygen atoms in total. The molecule has 2 saturated carbocycles. The molecule has 0 spiro atoms. The first kappa shape index (κ1) is 17.7. The molecule has 2 rings (SSSR count). The third kappa shape index (κ3) is 15.8. The van der Waals surface area contributed by atoms with Crippen LogP contribution < -0.4 is 0 Å². The quantitative estimate of drug-likeness (QED) is 0.401. The van der Waals surface area contributed by atoms with Crippen molar-refractivity contribution in [1.82, 2.24) is 0 Å². The first-order valence-electron chi connectivity index (χ1n) is 5.19. The van der Waals surface area contributed by atoms with Crippen molar-refractivity contribution in [2.24, 2.45) is 0 Å². The summed E-state index contributed by atoms with van der Waals surface area (Å²) in [6.45, 7) is 0. The van der Waals surface area contributed by atoms with Gasteiger partial charge in [0.2, 0.25) is 0 Å². The van der Waals surface area contributed by atoms with E-state index in [1.54, 1.807) is 0 Å². The molecule has 0 N–H and O–H groups in total. The van der Waals surface area contributed by atoms with Crippen molar-refractivity contribution in [2.75, 3.05) is 0 Å². The molecule has 2 aliphatic carbocycles. The molecule has 0 saturated heterocycles. The molecule has 0 aromatic heterocycles. The topological polar surface area (TPSA) is 0 Å². The van der Waals surface area contributed by atoms with Crippen LogP contribution in [0.3, 0.4) is 0 Å². The Morgan fingerprint density at radius 3 is 1.14 bits per heavy atom. The van der Waals surface area contributed by atoms with Crippen LogP contribution in [0.2, 0.25) is 0 Å². The van der Waals surface area contributed by atoms with Gasteiger partial charge in [0.1, 0.15) is 0 Å². The molecule has 2 aliphatic rings. The Kier molecular flexibility index (Phi) is 21.1. The van der Waals surface area contributed by atoms with E-state index < -0.39 is 17.0 Å². The van der Waals surface area contributed by atoms with Crippen molar-refractivity contribution in [3.8, 4) is 0 Å². The van der Waals surface area contributed by atoms with Crippen LogP contribution >= 0.6 is 18.6 Å². The van der Waals surface area contributed by atoms with Crippen LogP contribution in [-0.2, 0) is 17.0 Å². The first-order chi connectivity index (χ1) is 6.41. The summed E-state index contributed by atoms with van der Waals surface area (Å²) in [6.07, 6.45) is 15.5. The van der Waals surface area contributed by atoms with Crippen LogP contribution in [-0.4, -0.2) is 0 Å². The van der Waals surface area contributed by atoms with Crippen molar-refractivity contribution in [3.63, 3.8) is 0 Å². The van der Waals surface area contributed by atoms with Crippen molar-refractivity contribution in [1.29, 1.82) is 0 Å². The average Bonchev–Trinajstić information content (AvgIpc) is 2.85. The maximum atomic E-state index is 4.89. The number of hydrogen-bond donors (Lipinski definition) is 0. The second-order valence-electron chi connectivity index (χ2n) is 3.41. The van der Waals surface area contributed by atoms with Crippen LogP contribution in [0.15, 0.2) is 0 Å².